The van der Waals surface area contributed by atoms with Crippen molar-refractivity contribution in [2.24, 2.45) is 5.92 Å². The van der Waals surface area contributed by atoms with Crippen molar-refractivity contribution in [2.45, 2.75) is 110 Å². The lowest BCUT2D eigenvalue weighted by Crippen LogP contribution is -2.31. The number of Topliss-reactive ketones (excluding diaryl/α,β-unsaturated/α-hetero) is 1. The molecule has 32 heavy (non-hydrogen) atoms. The van der Waals surface area contributed by atoms with Crippen molar-refractivity contribution in [3.05, 3.63) is 18.2 Å². The summed E-state index contributed by atoms with van der Waals surface area (Å²) in [7, 11) is 0. The van der Waals surface area contributed by atoms with Gasteiger partial charge in [0, 0.05) is 31.2 Å². The minimum atomic E-state index is -1.02. The molecule has 0 aliphatic rings. The zero-order valence-electron chi connectivity index (χ0n) is 19.9. The number of carbonyl (C=O) groups excluding carboxylic acids is 2. The van der Waals surface area contributed by atoms with E-state index in [0.29, 0.717) is 12.1 Å². The first kappa shape index (κ1) is 27.9. The van der Waals surface area contributed by atoms with Gasteiger partial charge in [0.05, 0.1) is 18.8 Å². The third-order valence-corrected chi connectivity index (χ3v) is 5.83. The third kappa shape index (κ3) is 14.8. The Bertz CT molecular complexity index is 631. The van der Waals surface area contributed by atoms with Gasteiger partial charge in [0.15, 0.2) is 5.78 Å². The fourth-order valence-electron chi connectivity index (χ4n) is 3.84. The molecule has 3 N–H and O–H groups in total. The van der Waals surface area contributed by atoms with Gasteiger partial charge in [0.1, 0.15) is 0 Å². The molecule has 0 aliphatic heterocycles. The van der Waals surface area contributed by atoms with E-state index in [9.17, 15) is 19.5 Å². The summed E-state index contributed by atoms with van der Waals surface area (Å²) in [6, 6.07) is 0. The lowest BCUT2D eigenvalue weighted by atomic mass is 9.97. The first-order valence-electron chi connectivity index (χ1n) is 12.5. The number of carboxylic acids is 1. The molecule has 7 nitrogen and oxygen atoms in total. The minimum absolute atomic E-state index is 0.104. The molecule has 0 radical (unpaired) electrons. The molecule has 0 saturated heterocycles. The van der Waals surface area contributed by atoms with E-state index < -0.39 is 11.9 Å². The van der Waals surface area contributed by atoms with E-state index in [-0.39, 0.29) is 31.1 Å². The topological polar surface area (TPSA) is 112 Å². The van der Waals surface area contributed by atoms with E-state index in [1.54, 1.807) is 6.20 Å². The van der Waals surface area contributed by atoms with Gasteiger partial charge in [-0.2, -0.15) is 0 Å². The lowest BCUT2D eigenvalue weighted by Gasteiger charge is -2.11. The van der Waals surface area contributed by atoms with Crippen LogP contribution in [0, 0.1) is 5.92 Å². The first-order valence-corrected chi connectivity index (χ1v) is 12.5. The highest BCUT2D eigenvalue weighted by Gasteiger charge is 2.22. The van der Waals surface area contributed by atoms with Crippen LogP contribution < -0.4 is 5.32 Å². The maximum absolute atomic E-state index is 12.1. The van der Waals surface area contributed by atoms with Crippen LogP contribution in [0.5, 0.6) is 0 Å². The van der Waals surface area contributed by atoms with Crippen LogP contribution in [0.1, 0.15) is 109 Å². The summed E-state index contributed by atoms with van der Waals surface area (Å²) in [5.74, 6) is -2.25. The maximum atomic E-state index is 12.1. The minimum Gasteiger partial charge on any atom is -0.481 e. The highest BCUT2D eigenvalue weighted by Crippen LogP contribution is 2.13. The Hall–Kier alpha value is -2.18. The lowest BCUT2D eigenvalue weighted by molar-refractivity contribution is -0.143. The van der Waals surface area contributed by atoms with Gasteiger partial charge in [-0.3, -0.25) is 14.4 Å². The number of hydrogen-bond donors (Lipinski definition) is 3. The molecule has 1 amide bonds. The molecule has 1 rings (SSSR count). The predicted octanol–water partition coefficient (Wildman–Crippen LogP) is 5.21. The molecule has 0 fully saturated rings. The van der Waals surface area contributed by atoms with Crippen molar-refractivity contribution in [1.29, 1.82) is 0 Å². The number of amides is 1. The zero-order chi connectivity index (χ0) is 23.4. The van der Waals surface area contributed by atoms with Crippen molar-refractivity contribution < 1.29 is 19.5 Å². The van der Waals surface area contributed by atoms with Gasteiger partial charge < -0.3 is 15.4 Å². The van der Waals surface area contributed by atoms with Gasteiger partial charge in [-0.1, -0.05) is 84.0 Å². The summed E-state index contributed by atoms with van der Waals surface area (Å²) in [5.41, 5.74) is 0.677. The summed E-state index contributed by atoms with van der Waals surface area (Å²) in [6.07, 6.45) is 19.9. The zero-order valence-corrected chi connectivity index (χ0v) is 19.9. The van der Waals surface area contributed by atoms with Crippen LogP contribution in [0.4, 0.5) is 0 Å². The number of nitrogens with one attached hydrogen (secondary N) is 2. The number of aromatic amines is 1. The number of aliphatic carboxylic acids is 1. The Morgan fingerprint density at radius 3 is 2.00 bits per heavy atom. The second-order valence-electron chi connectivity index (χ2n) is 8.83. The standard InChI is InChI=1S/C25H43N3O4/c1-2-3-4-5-6-7-8-9-10-11-12-13-14-15-24(30)27-19-23(29)17-21(25(31)32)16-22-18-26-20-28-22/h18,20-21H,2-17,19H2,1H3,(H,26,28)(H,27,30)(H,31,32). The molecule has 1 unspecified atom stereocenters. The average molecular weight is 450 g/mol. The molecule has 7 heteroatoms. The van der Waals surface area contributed by atoms with E-state index >= 15 is 0 Å². The summed E-state index contributed by atoms with van der Waals surface area (Å²) in [4.78, 5) is 42.1. The molecular weight excluding hydrogens is 406 g/mol. The molecular formula is C25H43N3O4. The van der Waals surface area contributed by atoms with E-state index in [4.69, 9.17) is 0 Å². The van der Waals surface area contributed by atoms with E-state index in [1.807, 2.05) is 0 Å². The SMILES string of the molecule is CCCCCCCCCCCCCCCC(=O)NCC(=O)CC(Cc1cnc[nH]1)C(=O)O. The van der Waals surface area contributed by atoms with E-state index in [0.717, 1.165) is 19.3 Å². The van der Waals surface area contributed by atoms with Crippen molar-refractivity contribution in [2.75, 3.05) is 6.54 Å². The molecule has 0 bridgehead atoms. The number of rotatable bonds is 21. The molecule has 182 valence electrons. The molecule has 1 atom stereocenters. The number of ketones is 1. The number of unbranched alkanes of at least 4 members (excludes halogenated alkanes) is 12. The Labute approximate surface area is 193 Å². The monoisotopic (exact) mass is 449 g/mol. The summed E-state index contributed by atoms with van der Waals surface area (Å²) < 4.78 is 0. The number of carbonyl (C=O) groups is 3. The second kappa shape index (κ2) is 18.4. The number of aromatic nitrogens is 2. The number of hydrogen-bond acceptors (Lipinski definition) is 4. The molecule has 0 aliphatic carbocycles. The quantitative estimate of drug-likeness (QED) is 0.223. The van der Waals surface area contributed by atoms with Crippen LogP contribution >= 0.6 is 0 Å². The molecule has 1 aromatic rings. The van der Waals surface area contributed by atoms with Crippen molar-refractivity contribution >= 4 is 17.7 Å². The van der Waals surface area contributed by atoms with E-state index in [1.165, 1.54) is 70.5 Å². The fourth-order valence-corrected chi connectivity index (χ4v) is 3.84. The van der Waals surface area contributed by atoms with Gasteiger partial charge in [0.25, 0.3) is 0 Å². The van der Waals surface area contributed by atoms with Crippen LogP contribution in [-0.2, 0) is 20.8 Å². The van der Waals surface area contributed by atoms with Crippen LogP contribution in [-0.4, -0.2) is 39.3 Å². The number of H-pyrrole nitrogens is 1. The van der Waals surface area contributed by atoms with Crippen LogP contribution in [0.25, 0.3) is 0 Å². The third-order valence-electron chi connectivity index (χ3n) is 5.83. The molecule has 1 aromatic heterocycles. The molecule has 0 aromatic carbocycles. The Morgan fingerprint density at radius 1 is 0.938 bits per heavy atom. The fraction of sp³-hybridized carbons (Fsp3) is 0.760. The summed E-state index contributed by atoms with van der Waals surface area (Å²) >= 11 is 0. The van der Waals surface area contributed by atoms with Gasteiger partial charge in [-0.15, -0.1) is 0 Å². The second-order valence-corrected chi connectivity index (χ2v) is 8.83. The normalized spacial score (nSPS) is 11.9. The van der Waals surface area contributed by atoms with Crippen LogP contribution in [0.15, 0.2) is 12.5 Å². The number of nitrogens with zero attached hydrogens (tertiary/aromatic N) is 1. The summed E-state index contributed by atoms with van der Waals surface area (Å²) in [5, 5.41) is 11.9. The van der Waals surface area contributed by atoms with Gasteiger partial charge >= 0.3 is 5.97 Å². The smallest absolute Gasteiger partial charge is 0.307 e. The highest BCUT2D eigenvalue weighted by atomic mass is 16.4. The average Bonchev–Trinajstić information content (AvgIpc) is 3.28. The molecule has 0 spiro atoms. The highest BCUT2D eigenvalue weighted by molar-refractivity contribution is 5.88. The first-order chi connectivity index (χ1) is 15.5. The number of imidazole rings is 1. The van der Waals surface area contributed by atoms with Crippen LogP contribution in [0.2, 0.25) is 0 Å². The Kier molecular flexibility index (Phi) is 16.0. The molecule has 0 saturated carbocycles. The van der Waals surface area contributed by atoms with Gasteiger partial charge in [-0.05, 0) is 6.42 Å². The van der Waals surface area contributed by atoms with Crippen molar-refractivity contribution in [3.8, 4) is 0 Å². The van der Waals surface area contributed by atoms with Crippen LogP contribution in [0.3, 0.4) is 0 Å². The predicted molar refractivity (Wildman–Crippen MR) is 126 cm³/mol. The maximum Gasteiger partial charge on any atom is 0.307 e. The van der Waals surface area contributed by atoms with Gasteiger partial charge in [0.2, 0.25) is 5.91 Å². The number of carboxylic acid groups (broad SMARTS) is 1. The Morgan fingerprint density at radius 2 is 1.50 bits per heavy atom. The van der Waals surface area contributed by atoms with Crippen molar-refractivity contribution in [1.82, 2.24) is 15.3 Å². The Balaban J connectivity index is 1.98. The largest absolute Gasteiger partial charge is 0.481 e. The van der Waals surface area contributed by atoms with E-state index in [2.05, 4.69) is 22.2 Å². The van der Waals surface area contributed by atoms with Crippen molar-refractivity contribution in [3.63, 3.8) is 0 Å². The summed E-state index contributed by atoms with van der Waals surface area (Å²) in [6.45, 7) is 2.14. The molecule has 1 heterocycles. The van der Waals surface area contributed by atoms with Gasteiger partial charge in [-0.25, -0.2) is 4.98 Å².